The molecule has 0 spiro atoms. The number of aliphatic hydroxyl groups excluding tert-OH is 1. The maximum atomic E-state index is 13.7. The molecule has 4 rings (SSSR count). The van der Waals surface area contributed by atoms with Crippen LogP contribution in [0.15, 0.2) is 72.6 Å². The number of nitrogens with zero attached hydrogens (tertiary/aromatic N) is 2. The summed E-state index contributed by atoms with van der Waals surface area (Å²) in [5.41, 5.74) is 1.45. The molecule has 0 saturated carbocycles. The number of pyridine rings is 1. The number of aromatic nitrogens is 1. The van der Waals surface area contributed by atoms with E-state index >= 15 is 0 Å². The number of hydrogen-bond donors (Lipinski definition) is 1. The Morgan fingerprint density at radius 3 is 2.61 bits per heavy atom. The van der Waals surface area contributed by atoms with Crippen LogP contribution >= 0.6 is 0 Å². The van der Waals surface area contributed by atoms with Crippen LogP contribution in [0.1, 0.15) is 22.7 Å². The van der Waals surface area contributed by atoms with E-state index in [2.05, 4.69) is 4.98 Å². The van der Waals surface area contributed by atoms with E-state index in [1.165, 1.54) is 36.4 Å². The normalized spacial score (nSPS) is 17.8. The van der Waals surface area contributed by atoms with E-state index in [1.54, 1.807) is 49.5 Å². The van der Waals surface area contributed by atoms with Crippen molar-refractivity contribution in [3.05, 3.63) is 95.1 Å². The van der Waals surface area contributed by atoms with E-state index in [9.17, 15) is 19.1 Å². The molecule has 7 heteroatoms. The third-order valence-electron chi connectivity index (χ3n) is 5.21. The summed E-state index contributed by atoms with van der Waals surface area (Å²) in [6.45, 7) is 1.56. The number of ether oxygens (including phenoxy) is 1. The molecule has 156 valence electrons. The minimum absolute atomic E-state index is 0.0909. The van der Waals surface area contributed by atoms with Crippen molar-refractivity contribution in [3.63, 3.8) is 0 Å². The molecule has 1 aliphatic rings. The average molecular weight is 418 g/mol. The van der Waals surface area contributed by atoms with Gasteiger partial charge in [-0.05, 0) is 54.4 Å². The lowest BCUT2D eigenvalue weighted by atomic mass is 9.95. The molecule has 1 atom stereocenters. The maximum Gasteiger partial charge on any atom is 0.300 e. The smallest absolute Gasteiger partial charge is 0.300 e. The predicted octanol–water partition coefficient (Wildman–Crippen LogP) is 4.16. The van der Waals surface area contributed by atoms with Gasteiger partial charge in [0.1, 0.15) is 17.3 Å². The summed E-state index contributed by atoms with van der Waals surface area (Å²) in [5, 5.41) is 11.0. The van der Waals surface area contributed by atoms with Crippen LogP contribution in [-0.4, -0.2) is 28.9 Å². The van der Waals surface area contributed by atoms with Gasteiger partial charge in [0.25, 0.3) is 11.7 Å². The van der Waals surface area contributed by atoms with Gasteiger partial charge in [-0.2, -0.15) is 0 Å². The maximum absolute atomic E-state index is 13.7. The first-order valence-electron chi connectivity index (χ1n) is 9.54. The van der Waals surface area contributed by atoms with E-state index < -0.39 is 23.5 Å². The molecule has 31 heavy (non-hydrogen) atoms. The van der Waals surface area contributed by atoms with Crippen LogP contribution in [0.3, 0.4) is 0 Å². The molecule has 6 nitrogen and oxygen atoms in total. The lowest BCUT2D eigenvalue weighted by Gasteiger charge is -2.25. The molecule has 0 bridgehead atoms. The number of aryl methyl sites for hydroxylation is 1. The monoisotopic (exact) mass is 418 g/mol. The van der Waals surface area contributed by atoms with Crippen molar-refractivity contribution in [2.75, 3.05) is 12.0 Å². The summed E-state index contributed by atoms with van der Waals surface area (Å²) < 4.78 is 19.0. The largest absolute Gasteiger partial charge is 0.507 e. The molecule has 0 aliphatic carbocycles. The first kappa shape index (κ1) is 20.3. The number of rotatable bonds is 4. The number of methoxy groups -OCH3 is 1. The number of halogens is 1. The fraction of sp³-hybridized carbons (Fsp3) is 0.125. The number of anilines is 1. The minimum Gasteiger partial charge on any atom is -0.507 e. The first-order chi connectivity index (χ1) is 14.9. The van der Waals surface area contributed by atoms with Crippen LogP contribution in [0.2, 0.25) is 0 Å². The van der Waals surface area contributed by atoms with Gasteiger partial charge in [-0.3, -0.25) is 19.5 Å². The third-order valence-corrected chi connectivity index (χ3v) is 5.21. The van der Waals surface area contributed by atoms with Gasteiger partial charge in [0, 0.05) is 29.7 Å². The van der Waals surface area contributed by atoms with Crippen molar-refractivity contribution in [1.29, 1.82) is 0 Å². The number of Topliss-reactive ketones (excluding diaryl/α,β-unsaturated/α-hetero) is 1. The molecule has 1 amide bonds. The Hall–Kier alpha value is -4.00. The second-order valence-corrected chi connectivity index (χ2v) is 7.12. The lowest BCUT2D eigenvalue weighted by Crippen LogP contribution is -2.29. The van der Waals surface area contributed by atoms with Crippen molar-refractivity contribution in [3.8, 4) is 5.75 Å². The minimum atomic E-state index is -0.911. The molecule has 3 aromatic rings. The summed E-state index contributed by atoms with van der Waals surface area (Å²) in [4.78, 5) is 31.5. The fourth-order valence-corrected chi connectivity index (χ4v) is 3.66. The van der Waals surface area contributed by atoms with E-state index in [-0.39, 0.29) is 16.9 Å². The van der Waals surface area contributed by atoms with Gasteiger partial charge in [-0.1, -0.05) is 12.1 Å². The second kappa shape index (κ2) is 8.02. The number of aliphatic hydroxyl groups is 1. The summed E-state index contributed by atoms with van der Waals surface area (Å²) in [5.74, 6) is -1.92. The highest BCUT2D eigenvalue weighted by molar-refractivity contribution is 6.51. The topological polar surface area (TPSA) is 79.7 Å². The molecule has 0 radical (unpaired) electrons. The number of carbonyl (C=O) groups is 2. The SMILES string of the molecule is COc1cccc(N2C(=O)C(=O)/C(=C(/O)c3ccc(F)c(C)c3)C2c2cccnc2)c1. The Kier molecular flexibility index (Phi) is 5.25. The molecule has 1 N–H and O–H groups in total. The summed E-state index contributed by atoms with van der Waals surface area (Å²) in [6, 6.07) is 13.3. The van der Waals surface area contributed by atoms with Gasteiger partial charge in [0.05, 0.1) is 18.7 Å². The standard InChI is InChI=1S/C24H19FN2O4/c1-14-11-15(8-9-19(14)25)22(28)20-21(16-5-4-10-26-13-16)27(24(30)23(20)29)17-6-3-7-18(12-17)31-2/h3-13,21,28H,1-2H3/b22-20+. The zero-order valence-electron chi connectivity index (χ0n) is 16.9. The third kappa shape index (κ3) is 3.54. The van der Waals surface area contributed by atoms with Crippen LogP contribution in [0.5, 0.6) is 5.75 Å². The van der Waals surface area contributed by atoms with Gasteiger partial charge < -0.3 is 9.84 Å². The van der Waals surface area contributed by atoms with E-state index in [1.807, 2.05) is 0 Å². The summed E-state index contributed by atoms with van der Waals surface area (Å²) in [7, 11) is 1.50. The Morgan fingerprint density at radius 2 is 1.94 bits per heavy atom. The molecule has 1 aliphatic heterocycles. The zero-order valence-corrected chi connectivity index (χ0v) is 16.9. The van der Waals surface area contributed by atoms with Gasteiger partial charge in [-0.15, -0.1) is 0 Å². The molecule has 1 aromatic heterocycles. The highest BCUT2D eigenvalue weighted by Crippen LogP contribution is 2.42. The average Bonchev–Trinajstić information content (AvgIpc) is 3.06. The highest BCUT2D eigenvalue weighted by atomic mass is 19.1. The highest BCUT2D eigenvalue weighted by Gasteiger charge is 2.47. The Morgan fingerprint density at radius 1 is 1.13 bits per heavy atom. The van der Waals surface area contributed by atoms with Crippen molar-refractivity contribution in [2.24, 2.45) is 0 Å². The van der Waals surface area contributed by atoms with Crippen molar-refractivity contribution < 1.29 is 23.8 Å². The Labute approximate surface area is 178 Å². The molecule has 2 heterocycles. The summed E-state index contributed by atoms with van der Waals surface area (Å²) >= 11 is 0. The number of benzene rings is 2. The number of carbonyl (C=O) groups excluding carboxylic acids is 2. The van der Waals surface area contributed by atoms with Crippen LogP contribution in [0.25, 0.3) is 5.76 Å². The van der Waals surface area contributed by atoms with Crippen molar-refractivity contribution in [2.45, 2.75) is 13.0 Å². The summed E-state index contributed by atoms with van der Waals surface area (Å²) in [6.07, 6.45) is 3.11. The number of amides is 1. The molecular formula is C24H19FN2O4. The van der Waals surface area contributed by atoms with E-state index in [4.69, 9.17) is 4.74 Å². The van der Waals surface area contributed by atoms with Crippen LogP contribution in [0, 0.1) is 12.7 Å². The molecular weight excluding hydrogens is 399 g/mol. The molecule has 1 saturated heterocycles. The van der Waals surface area contributed by atoms with Gasteiger partial charge in [0.2, 0.25) is 0 Å². The molecule has 2 aromatic carbocycles. The van der Waals surface area contributed by atoms with Gasteiger partial charge in [-0.25, -0.2) is 4.39 Å². The lowest BCUT2D eigenvalue weighted by molar-refractivity contribution is -0.132. The van der Waals surface area contributed by atoms with Gasteiger partial charge >= 0.3 is 0 Å². The number of ketones is 1. The van der Waals surface area contributed by atoms with Crippen LogP contribution in [-0.2, 0) is 9.59 Å². The number of hydrogen-bond acceptors (Lipinski definition) is 5. The van der Waals surface area contributed by atoms with Gasteiger partial charge in [0.15, 0.2) is 0 Å². The quantitative estimate of drug-likeness (QED) is 0.391. The van der Waals surface area contributed by atoms with Crippen LogP contribution in [0.4, 0.5) is 10.1 Å². The Bertz CT molecular complexity index is 1210. The van der Waals surface area contributed by atoms with Crippen molar-refractivity contribution in [1.82, 2.24) is 4.98 Å². The molecule has 1 unspecified atom stereocenters. The van der Waals surface area contributed by atoms with E-state index in [0.717, 1.165) is 0 Å². The Balaban J connectivity index is 1.94. The first-order valence-corrected chi connectivity index (χ1v) is 9.54. The fourth-order valence-electron chi connectivity index (χ4n) is 3.66. The zero-order chi connectivity index (χ0) is 22.1. The van der Waals surface area contributed by atoms with Crippen molar-refractivity contribution >= 4 is 23.1 Å². The predicted molar refractivity (Wildman–Crippen MR) is 113 cm³/mol. The second-order valence-electron chi connectivity index (χ2n) is 7.12. The van der Waals surface area contributed by atoms with Crippen LogP contribution < -0.4 is 9.64 Å². The van der Waals surface area contributed by atoms with E-state index in [0.29, 0.717) is 22.6 Å². The molecule has 1 fully saturated rings.